The number of carbonyl (C=O) groups excluding carboxylic acids is 1. The molecule has 1 aliphatic rings. The Morgan fingerprint density at radius 3 is 2.75 bits per heavy atom. The molecule has 0 bridgehead atoms. The van der Waals surface area contributed by atoms with Gasteiger partial charge >= 0.3 is 0 Å². The summed E-state index contributed by atoms with van der Waals surface area (Å²) in [6.45, 7) is 1.36. The van der Waals surface area contributed by atoms with Gasteiger partial charge < -0.3 is 18.6 Å². The van der Waals surface area contributed by atoms with E-state index >= 15 is 0 Å². The number of rotatable bonds is 9. The molecule has 1 aliphatic heterocycles. The molecular weight excluding hydrogens is 552 g/mol. The van der Waals surface area contributed by atoms with Crippen molar-refractivity contribution in [2.75, 3.05) is 33.6 Å². The lowest BCUT2D eigenvalue weighted by molar-refractivity contribution is 0.306. The van der Waals surface area contributed by atoms with Gasteiger partial charge in [-0.1, -0.05) is 18.2 Å². The number of ether oxygens (including phenoxy) is 3. The minimum Gasteiger partial charge on any atom is -0.497 e. The fourth-order valence-corrected chi connectivity index (χ4v) is 6.46. The highest BCUT2D eigenvalue weighted by molar-refractivity contribution is 8.12. The summed E-state index contributed by atoms with van der Waals surface area (Å²) < 4.78 is 38.9. The molecule has 0 unspecified atom stereocenters. The SMILES string of the molecule is COc1cc(COc2cccc(C3=CCN([SH](C)(=O)C=O)CC3)c2)c2cc(-c3cn4nc(OC)sc4n3)oc2c1. The number of methoxy groups -OCH3 is 2. The van der Waals surface area contributed by atoms with Crippen LogP contribution in [0.25, 0.3) is 33.0 Å². The van der Waals surface area contributed by atoms with Crippen molar-refractivity contribution >= 4 is 48.6 Å². The Labute approximate surface area is 235 Å². The molecule has 0 N–H and O–H groups in total. The zero-order valence-electron chi connectivity index (χ0n) is 22.2. The number of hydrogen-bond donors (Lipinski definition) is 1. The zero-order valence-corrected chi connectivity index (χ0v) is 23.9. The maximum absolute atomic E-state index is 12.4. The highest BCUT2D eigenvalue weighted by Crippen LogP contribution is 2.35. The van der Waals surface area contributed by atoms with Crippen LogP contribution in [0, 0.1) is 0 Å². The van der Waals surface area contributed by atoms with E-state index in [0.717, 1.165) is 27.8 Å². The Bertz CT molecular complexity index is 1770. The van der Waals surface area contributed by atoms with E-state index < -0.39 is 10.1 Å². The van der Waals surface area contributed by atoms with Gasteiger partial charge in [-0.2, -0.15) is 0 Å². The number of furan rings is 1. The summed E-state index contributed by atoms with van der Waals surface area (Å²) in [5, 5.41) is 5.78. The van der Waals surface area contributed by atoms with Gasteiger partial charge in [0.25, 0.3) is 5.19 Å². The third kappa shape index (κ3) is 5.01. The molecule has 0 saturated heterocycles. The molecule has 0 atom stereocenters. The smallest absolute Gasteiger partial charge is 0.294 e. The number of thiol groups is 1. The average molecular weight is 581 g/mol. The number of hydrogen-bond acceptors (Lipinski definition) is 9. The Morgan fingerprint density at radius 2 is 2.02 bits per heavy atom. The van der Waals surface area contributed by atoms with Crippen LogP contribution < -0.4 is 14.2 Å². The van der Waals surface area contributed by atoms with Crippen molar-refractivity contribution in [1.82, 2.24) is 18.9 Å². The molecule has 6 rings (SSSR count). The van der Waals surface area contributed by atoms with Crippen LogP contribution in [0.15, 0.2) is 59.2 Å². The van der Waals surface area contributed by atoms with Crippen LogP contribution in [0.3, 0.4) is 0 Å². The van der Waals surface area contributed by atoms with Gasteiger partial charge in [-0.15, -0.1) is 5.10 Å². The lowest BCUT2D eigenvalue weighted by Crippen LogP contribution is -2.39. The van der Waals surface area contributed by atoms with E-state index in [-0.39, 0.29) is 0 Å². The second-order valence-electron chi connectivity index (χ2n) is 9.49. The van der Waals surface area contributed by atoms with E-state index in [1.54, 1.807) is 23.0 Å². The second-order valence-corrected chi connectivity index (χ2v) is 13.1. The lowest BCUT2D eigenvalue weighted by atomic mass is 10.0. The molecular formula is C28H28N4O6S2. The standard InChI is InChI=1S/C28H28N4O6S2/c1-35-22-12-20(23-14-26(38-25(23)13-22)24-15-32-27(29-24)39-28(30-32)36-2)16-37-21-6-4-5-19(11-21)18-7-9-31(10-8-18)40(3,34)17-33/h4-7,11-15,17,40H,8-10,16H2,1-3H3. The summed E-state index contributed by atoms with van der Waals surface area (Å²) in [4.78, 5) is 16.5. The van der Waals surface area contributed by atoms with Gasteiger partial charge in [0.15, 0.2) is 11.4 Å². The number of carbonyl (C=O) groups is 1. The first kappa shape index (κ1) is 26.2. The highest BCUT2D eigenvalue weighted by atomic mass is 32.3. The van der Waals surface area contributed by atoms with Crippen LogP contribution in [0.4, 0.5) is 0 Å². The third-order valence-corrected chi connectivity index (χ3v) is 9.69. The molecule has 0 amide bonds. The lowest BCUT2D eigenvalue weighted by Gasteiger charge is -2.32. The topological polar surface area (TPSA) is 108 Å². The number of imidazole rings is 1. The molecule has 0 spiro atoms. The van der Waals surface area contributed by atoms with Crippen molar-refractivity contribution < 1.29 is 27.6 Å². The summed E-state index contributed by atoms with van der Waals surface area (Å²) in [6.07, 6.45) is 6.06. The van der Waals surface area contributed by atoms with Gasteiger partial charge in [0, 0.05) is 36.4 Å². The number of aromatic nitrogens is 3. The Kier molecular flexibility index (Phi) is 6.90. The molecule has 40 heavy (non-hydrogen) atoms. The third-order valence-electron chi connectivity index (χ3n) is 6.93. The van der Waals surface area contributed by atoms with E-state index in [1.165, 1.54) is 17.6 Å². The van der Waals surface area contributed by atoms with Crippen LogP contribution in [-0.2, 0) is 21.5 Å². The minimum absolute atomic E-state index is 0.304. The van der Waals surface area contributed by atoms with Crippen LogP contribution in [-0.4, -0.2) is 62.3 Å². The van der Waals surface area contributed by atoms with E-state index in [2.05, 4.69) is 10.1 Å². The zero-order chi connectivity index (χ0) is 27.9. The fourth-order valence-electron chi connectivity index (χ4n) is 4.72. The molecule has 12 heteroatoms. The van der Waals surface area contributed by atoms with Crippen molar-refractivity contribution in [1.29, 1.82) is 0 Å². The van der Waals surface area contributed by atoms with Gasteiger partial charge in [-0.25, -0.2) is 13.8 Å². The second kappa shape index (κ2) is 10.5. The van der Waals surface area contributed by atoms with E-state index in [9.17, 15) is 9.00 Å². The average Bonchev–Trinajstić information content (AvgIpc) is 3.69. The molecule has 4 heterocycles. The van der Waals surface area contributed by atoms with Crippen molar-refractivity contribution in [3.8, 4) is 28.1 Å². The largest absolute Gasteiger partial charge is 0.497 e. The summed E-state index contributed by atoms with van der Waals surface area (Å²) in [6, 6.07) is 13.7. The monoisotopic (exact) mass is 580 g/mol. The van der Waals surface area contributed by atoms with Crippen molar-refractivity contribution in [2.45, 2.75) is 13.0 Å². The van der Waals surface area contributed by atoms with Crippen molar-refractivity contribution in [2.24, 2.45) is 0 Å². The number of benzene rings is 2. The van der Waals surface area contributed by atoms with Crippen molar-refractivity contribution in [3.63, 3.8) is 0 Å². The normalized spacial score (nSPS) is 14.8. The van der Waals surface area contributed by atoms with E-state index in [1.807, 2.05) is 54.7 Å². The first-order valence-corrected chi connectivity index (χ1v) is 15.6. The van der Waals surface area contributed by atoms with Gasteiger partial charge in [0.2, 0.25) is 4.96 Å². The predicted molar refractivity (Wildman–Crippen MR) is 156 cm³/mol. The Morgan fingerprint density at radius 1 is 1.15 bits per heavy atom. The van der Waals surface area contributed by atoms with Crippen LogP contribution in [0.5, 0.6) is 16.7 Å². The molecule has 0 fully saturated rings. The molecule has 0 saturated carbocycles. The van der Waals surface area contributed by atoms with Gasteiger partial charge in [-0.05, 0) is 63.3 Å². The molecule has 5 aromatic rings. The van der Waals surface area contributed by atoms with Gasteiger partial charge in [0.1, 0.15) is 29.4 Å². The minimum atomic E-state index is -2.92. The molecule has 0 radical (unpaired) electrons. The molecule has 208 valence electrons. The first-order valence-electron chi connectivity index (χ1n) is 12.6. The first-order chi connectivity index (χ1) is 19.4. The van der Waals surface area contributed by atoms with Crippen LogP contribution in [0.1, 0.15) is 17.5 Å². The van der Waals surface area contributed by atoms with E-state index in [0.29, 0.717) is 64.7 Å². The van der Waals surface area contributed by atoms with Crippen LogP contribution in [0.2, 0.25) is 0 Å². The fraction of sp³-hybridized carbons (Fsp3) is 0.250. The van der Waals surface area contributed by atoms with Gasteiger partial charge in [0.05, 0.1) is 20.4 Å². The molecule has 10 nitrogen and oxygen atoms in total. The summed E-state index contributed by atoms with van der Waals surface area (Å²) in [5.74, 6) is 2.01. The Balaban J connectivity index is 1.23. The quantitative estimate of drug-likeness (QED) is 0.198. The maximum Gasteiger partial charge on any atom is 0.294 e. The summed E-state index contributed by atoms with van der Waals surface area (Å²) in [5.41, 5.74) is 5.01. The van der Waals surface area contributed by atoms with Crippen LogP contribution >= 0.6 is 11.3 Å². The highest BCUT2D eigenvalue weighted by Gasteiger charge is 2.22. The predicted octanol–water partition coefficient (Wildman–Crippen LogP) is 4.64. The molecule has 0 aliphatic carbocycles. The maximum atomic E-state index is 12.4. The van der Waals surface area contributed by atoms with E-state index in [4.69, 9.17) is 18.6 Å². The summed E-state index contributed by atoms with van der Waals surface area (Å²) >= 11 is 1.35. The number of nitrogens with zero attached hydrogens (tertiary/aromatic N) is 4. The van der Waals surface area contributed by atoms with Crippen molar-refractivity contribution in [3.05, 3.63) is 65.9 Å². The molecule has 3 aromatic heterocycles. The number of fused-ring (bicyclic) bond motifs is 2. The molecule has 2 aromatic carbocycles. The van der Waals surface area contributed by atoms with Gasteiger partial charge in [-0.3, -0.25) is 9.00 Å². The summed E-state index contributed by atoms with van der Waals surface area (Å²) in [7, 11) is 0.275. The Hall–Kier alpha value is -4.00.